The largest absolute Gasteiger partial charge is 0.482 e. The van der Waals surface area contributed by atoms with Gasteiger partial charge >= 0.3 is 0 Å². The van der Waals surface area contributed by atoms with Crippen molar-refractivity contribution < 1.29 is 18.3 Å². The Bertz CT molecular complexity index is 677. The minimum Gasteiger partial charge on any atom is -0.482 e. The molecule has 2 aromatic rings. The predicted octanol–water partition coefficient (Wildman–Crippen LogP) is 3.94. The van der Waals surface area contributed by atoms with E-state index >= 15 is 0 Å². The lowest BCUT2D eigenvalue weighted by molar-refractivity contribution is -0.118. The molecule has 2 rings (SSSR count). The van der Waals surface area contributed by atoms with Gasteiger partial charge in [0.25, 0.3) is 5.91 Å². The van der Waals surface area contributed by atoms with E-state index in [9.17, 15) is 13.6 Å². The highest BCUT2D eigenvalue weighted by Gasteiger charge is 2.09. The van der Waals surface area contributed by atoms with Crippen LogP contribution in [-0.4, -0.2) is 12.5 Å². The molecule has 0 bridgehead atoms. The van der Waals surface area contributed by atoms with Crippen LogP contribution < -0.4 is 10.1 Å². The monoisotopic (exact) mass is 311 g/mol. The van der Waals surface area contributed by atoms with Gasteiger partial charge in [-0.1, -0.05) is 17.7 Å². The van der Waals surface area contributed by atoms with E-state index in [0.29, 0.717) is 0 Å². The third-order valence-corrected chi connectivity index (χ3v) is 2.95. The summed E-state index contributed by atoms with van der Waals surface area (Å²) in [6.45, 7) is 1.38. The van der Waals surface area contributed by atoms with Crippen molar-refractivity contribution in [3.05, 3.63) is 58.6 Å². The number of carbonyl (C=O) groups is 1. The number of halogens is 3. The minimum absolute atomic E-state index is 0.0596. The molecule has 0 unspecified atom stereocenters. The summed E-state index contributed by atoms with van der Waals surface area (Å²) in [4.78, 5) is 11.7. The van der Waals surface area contributed by atoms with Crippen LogP contribution in [0.3, 0.4) is 0 Å². The van der Waals surface area contributed by atoms with Gasteiger partial charge in [-0.3, -0.25) is 4.79 Å². The summed E-state index contributed by atoms with van der Waals surface area (Å²) in [6.07, 6.45) is 0. The third-order valence-electron chi connectivity index (χ3n) is 2.65. The van der Waals surface area contributed by atoms with Gasteiger partial charge in [-0.15, -0.1) is 0 Å². The van der Waals surface area contributed by atoms with Crippen LogP contribution in [0.25, 0.3) is 0 Å². The highest BCUT2D eigenvalue weighted by Crippen LogP contribution is 2.24. The van der Waals surface area contributed by atoms with E-state index in [1.807, 2.05) is 0 Å². The quantitative estimate of drug-likeness (QED) is 0.928. The zero-order valence-corrected chi connectivity index (χ0v) is 11.9. The smallest absolute Gasteiger partial charge is 0.262 e. The first-order chi connectivity index (χ1) is 9.95. The fraction of sp³-hybridized carbons (Fsp3) is 0.133. The van der Waals surface area contributed by atoms with E-state index in [-0.39, 0.29) is 23.1 Å². The number of ether oxygens (including phenoxy) is 1. The fourth-order valence-electron chi connectivity index (χ4n) is 1.64. The van der Waals surface area contributed by atoms with E-state index in [1.54, 1.807) is 13.0 Å². The molecule has 110 valence electrons. The van der Waals surface area contributed by atoms with Crippen molar-refractivity contribution in [3.63, 3.8) is 0 Å². The Kier molecular flexibility index (Phi) is 4.75. The number of rotatable bonds is 4. The molecule has 21 heavy (non-hydrogen) atoms. The molecule has 0 aliphatic carbocycles. The SMILES string of the molecule is Cc1ccc(NC(=O)COc2ccc(F)cc2Cl)c(F)c1. The minimum atomic E-state index is -0.543. The second-order valence-corrected chi connectivity index (χ2v) is 4.80. The molecule has 0 atom stereocenters. The standard InChI is InChI=1S/C15H12ClF2NO2/c1-9-2-4-13(12(18)6-9)19-15(20)8-21-14-5-3-10(17)7-11(14)16/h2-7H,8H2,1H3,(H,19,20). The molecule has 0 aromatic heterocycles. The number of nitrogens with one attached hydrogen (secondary N) is 1. The van der Waals surface area contributed by atoms with Crippen molar-refractivity contribution in [1.29, 1.82) is 0 Å². The molecule has 1 amide bonds. The highest BCUT2D eigenvalue weighted by molar-refractivity contribution is 6.32. The highest BCUT2D eigenvalue weighted by atomic mass is 35.5. The normalized spacial score (nSPS) is 10.3. The van der Waals surface area contributed by atoms with E-state index in [0.717, 1.165) is 11.6 Å². The molecule has 0 saturated carbocycles. The lowest BCUT2D eigenvalue weighted by atomic mass is 10.2. The molecule has 0 spiro atoms. The zero-order chi connectivity index (χ0) is 15.4. The van der Waals surface area contributed by atoms with Crippen molar-refractivity contribution in [1.82, 2.24) is 0 Å². The maximum Gasteiger partial charge on any atom is 0.262 e. The summed E-state index contributed by atoms with van der Waals surface area (Å²) in [5.74, 6) is -1.39. The van der Waals surface area contributed by atoms with Crippen molar-refractivity contribution in [2.45, 2.75) is 6.92 Å². The molecule has 0 aliphatic rings. The lowest BCUT2D eigenvalue weighted by Gasteiger charge is -2.09. The number of anilines is 1. The van der Waals surface area contributed by atoms with Crippen LogP contribution in [-0.2, 0) is 4.79 Å². The fourth-order valence-corrected chi connectivity index (χ4v) is 1.87. The Balaban J connectivity index is 1.96. The summed E-state index contributed by atoms with van der Waals surface area (Å²) >= 11 is 5.76. The Morgan fingerprint density at radius 2 is 2.00 bits per heavy atom. The molecule has 1 N–H and O–H groups in total. The molecule has 2 aromatic carbocycles. The second-order valence-electron chi connectivity index (χ2n) is 4.39. The number of carbonyl (C=O) groups excluding carboxylic acids is 1. The van der Waals surface area contributed by atoms with Gasteiger partial charge in [0.15, 0.2) is 6.61 Å². The predicted molar refractivity (Wildman–Crippen MR) is 76.7 cm³/mol. The van der Waals surface area contributed by atoms with Crippen molar-refractivity contribution in [3.8, 4) is 5.75 Å². The van der Waals surface area contributed by atoms with Crippen LogP contribution in [0.1, 0.15) is 5.56 Å². The molecule has 6 heteroatoms. The maximum atomic E-state index is 13.6. The van der Waals surface area contributed by atoms with Gasteiger partial charge in [0.2, 0.25) is 0 Å². The number of benzene rings is 2. The summed E-state index contributed by atoms with van der Waals surface area (Å²) in [5, 5.41) is 2.44. The van der Waals surface area contributed by atoms with Gasteiger partial charge < -0.3 is 10.1 Å². The molecular weight excluding hydrogens is 300 g/mol. The summed E-state index contributed by atoms with van der Waals surface area (Å²) in [5.41, 5.74) is 0.819. The summed E-state index contributed by atoms with van der Waals surface area (Å²) < 4.78 is 31.6. The molecule has 0 fully saturated rings. The molecule has 0 heterocycles. The molecular formula is C15H12ClF2NO2. The van der Waals surface area contributed by atoms with Crippen molar-refractivity contribution in [2.75, 3.05) is 11.9 Å². The lowest BCUT2D eigenvalue weighted by Crippen LogP contribution is -2.20. The van der Waals surface area contributed by atoms with Crippen LogP contribution in [0.5, 0.6) is 5.75 Å². The van der Waals surface area contributed by atoms with E-state index in [2.05, 4.69) is 5.32 Å². The zero-order valence-electron chi connectivity index (χ0n) is 11.1. The Hall–Kier alpha value is -2.14. The maximum absolute atomic E-state index is 13.6. The van der Waals surface area contributed by atoms with Crippen LogP contribution in [0, 0.1) is 18.6 Å². The number of hydrogen-bond acceptors (Lipinski definition) is 2. The average Bonchev–Trinajstić information content (AvgIpc) is 2.41. The van der Waals surface area contributed by atoms with Crippen LogP contribution >= 0.6 is 11.6 Å². The van der Waals surface area contributed by atoms with Crippen molar-refractivity contribution >= 4 is 23.2 Å². The first-order valence-electron chi connectivity index (χ1n) is 6.09. The average molecular weight is 312 g/mol. The molecule has 0 radical (unpaired) electrons. The van der Waals surface area contributed by atoms with Gasteiger partial charge in [0.1, 0.15) is 17.4 Å². The topological polar surface area (TPSA) is 38.3 Å². The Morgan fingerprint density at radius 1 is 1.24 bits per heavy atom. The van der Waals surface area contributed by atoms with E-state index < -0.39 is 17.5 Å². The second kappa shape index (κ2) is 6.54. The van der Waals surface area contributed by atoms with Gasteiger partial charge in [-0.2, -0.15) is 0 Å². The summed E-state index contributed by atoms with van der Waals surface area (Å²) in [6, 6.07) is 8.02. The van der Waals surface area contributed by atoms with E-state index in [4.69, 9.17) is 16.3 Å². The molecule has 0 aliphatic heterocycles. The first-order valence-corrected chi connectivity index (χ1v) is 6.47. The Morgan fingerprint density at radius 3 is 2.67 bits per heavy atom. The Labute approximate surface area is 125 Å². The molecule has 3 nitrogen and oxygen atoms in total. The van der Waals surface area contributed by atoms with Crippen LogP contribution in [0.15, 0.2) is 36.4 Å². The first kappa shape index (κ1) is 15.3. The number of hydrogen-bond donors (Lipinski definition) is 1. The van der Waals surface area contributed by atoms with Gasteiger partial charge in [-0.05, 0) is 42.8 Å². The van der Waals surface area contributed by atoms with Crippen LogP contribution in [0.2, 0.25) is 5.02 Å². The van der Waals surface area contributed by atoms with Crippen molar-refractivity contribution in [2.24, 2.45) is 0 Å². The molecule has 0 saturated heterocycles. The number of aryl methyl sites for hydroxylation is 1. The van der Waals surface area contributed by atoms with Crippen LogP contribution in [0.4, 0.5) is 14.5 Å². The third kappa shape index (κ3) is 4.16. The van der Waals surface area contributed by atoms with Gasteiger partial charge in [0, 0.05) is 0 Å². The number of amides is 1. The van der Waals surface area contributed by atoms with Gasteiger partial charge in [-0.25, -0.2) is 8.78 Å². The van der Waals surface area contributed by atoms with Gasteiger partial charge in [0.05, 0.1) is 10.7 Å². The summed E-state index contributed by atoms with van der Waals surface area (Å²) in [7, 11) is 0. The van der Waals surface area contributed by atoms with E-state index in [1.165, 1.54) is 24.3 Å².